The molecule has 1 aromatic carbocycles. The molecule has 0 aliphatic heterocycles. The molecule has 1 N–H and O–H groups in total. The van der Waals surface area contributed by atoms with Crippen LogP contribution in [-0.2, 0) is 0 Å². The van der Waals surface area contributed by atoms with Gasteiger partial charge in [-0.25, -0.2) is 9.18 Å². The highest BCUT2D eigenvalue weighted by atomic mass is 32.1. The van der Waals surface area contributed by atoms with Gasteiger partial charge in [0.15, 0.2) is 0 Å². The first kappa shape index (κ1) is 9.15. The molecule has 0 saturated carbocycles. The molecule has 2 rings (SSSR count). The number of aromatic carboxylic acids is 1. The van der Waals surface area contributed by atoms with Gasteiger partial charge in [-0.05, 0) is 19.1 Å². The maximum absolute atomic E-state index is 13.5. The Morgan fingerprint density at radius 2 is 2.21 bits per heavy atom. The molecule has 72 valence electrons. The number of hydrogen-bond acceptors (Lipinski definition) is 2. The number of fused-ring (bicyclic) bond motifs is 1. The summed E-state index contributed by atoms with van der Waals surface area (Å²) in [6, 6.07) is 4.77. The molecule has 4 heteroatoms. The van der Waals surface area contributed by atoms with E-state index >= 15 is 0 Å². The fourth-order valence-electron chi connectivity index (χ4n) is 1.41. The van der Waals surface area contributed by atoms with Gasteiger partial charge in [-0.2, -0.15) is 0 Å². The molecule has 0 spiro atoms. The van der Waals surface area contributed by atoms with Crippen LogP contribution in [0.1, 0.15) is 15.2 Å². The van der Waals surface area contributed by atoms with Crippen molar-refractivity contribution in [3.05, 3.63) is 34.5 Å². The second-order valence-corrected chi connectivity index (χ2v) is 4.21. The second kappa shape index (κ2) is 3.06. The minimum Gasteiger partial charge on any atom is -0.478 e. The summed E-state index contributed by atoms with van der Waals surface area (Å²) in [6.45, 7) is 1.64. The minimum absolute atomic E-state index is 0.0318. The molecule has 0 fully saturated rings. The zero-order chi connectivity index (χ0) is 10.3. The van der Waals surface area contributed by atoms with Crippen molar-refractivity contribution in [3.63, 3.8) is 0 Å². The Bertz CT molecular complexity index is 516. The standard InChI is InChI=1S/C10H7FO2S/c1-5-9(11)8-6(10(12)13)3-2-4-7(8)14-5/h2-4H,1H3,(H,12,13). The van der Waals surface area contributed by atoms with Crippen molar-refractivity contribution in [3.8, 4) is 0 Å². The van der Waals surface area contributed by atoms with Gasteiger partial charge >= 0.3 is 5.97 Å². The van der Waals surface area contributed by atoms with E-state index < -0.39 is 11.8 Å². The Labute approximate surface area is 83.6 Å². The van der Waals surface area contributed by atoms with Gasteiger partial charge in [-0.3, -0.25) is 0 Å². The summed E-state index contributed by atoms with van der Waals surface area (Å²) in [7, 11) is 0. The minimum atomic E-state index is -1.09. The van der Waals surface area contributed by atoms with Crippen LogP contribution in [-0.4, -0.2) is 11.1 Å². The molecule has 0 radical (unpaired) electrons. The van der Waals surface area contributed by atoms with Gasteiger partial charge in [0.2, 0.25) is 0 Å². The predicted molar refractivity (Wildman–Crippen MR) is 53.5 cm³/mol. The molecule has 2 nitrogen and oxygen atoms in total. The summed E-state index contributed by atoms with van der Waals surface area (Å²) in [5, 5.41) is 9.08. The molecular weight excluding hydrogens is 203 g/mol. The predicted octanol–water partition coefficient (Wildman–Crippen LogP) is 3.05. The molecular formula is C10H7FO2S. The molecule has 0 saturated heterocycles. The summed E-state index contributed by atoms with van der Waals surface area (Å²) >= 11 is 1.27. The Hall–Kier alpha value is -1.42. The molecule has 0 atom stereocenters. The lowest BCUT2D eigenvalue weighted by Gasteiger charge is -1.96. The van der Waals surface area contributed by atoms with E-state index in [4.69, 9.17) is 5.11 Å². The molecule has 0 bridgehead atoms. The number of aryl methyl sites for hydroxylation is 1. The average Bonchev–Trinajstić information content (AvgIpc) is 2.43. The Morgan fingerprint density at radius 3 is 2.86 bits per heavy atom. The Balaban J connectivity index is 2.91. The molecule has 14 heavy (non-hydrogen) atoms. The van der Waals surface area contributed by atoms with E-state index in [1.807, 2.05) is 0 Å². The van der Waals surface area contributed by atoms with Gasteiger partial charge in [-0.1, -0.05) is 6.07 Å². The number of carbonyl (C=O) groups is 1. The van der Waals surface area contributed by atoms with Crippen molar-refractivity contribution in [2.24, 2.45) is 0 Å². The van der Waals surface area contributed by atoms with Crippen molar-refractivity contribution >= 4 is 27.4 Å². The fraction of sp³-hybridized carbons (Fsp3) is 0.100. The van der Waals surface area contributed by atoms with E-state index in [1.165, 1.54) is 17.4 Å². The van der Waals surface area contributed by atoms with Gasteiger partial charge in [0.05, 0.1) is 5.56 Å². The maximum Gasteiger partial charge on any atom is 0.336 e. The van der Waals surface area contributed by atoms with E-state index in [0.29, 0.717) is 9.58 Å². The Kier molecular flexibility index (Phi) is 2.00. The zero-order valence-electron chi connectivity index (χ0n) is 7.37. The number of carboxylic acids is 1. The van der Waals surface area contributed by atoms with E-state index in [0.717, 1.165) is 0 Å². The number of hydrogen-bond donors (Lipinski definition) is 1. The molecule has 0 aliphatic rings. The number of rotatable bonds is 1. The quantitative estimate of drug-likeness (QED) is 0.785. The van der Waals surface area contributed by atoms with Gasteiger partial charge in [0.1, 0.15) is 5.82 Å². The van der Waals surface area contributed by atoms with Gasteiger partial charge in [-0.15, -0.1) is 11.3 Å². The molecule has 0 aliphatic carbocycles. The summed E-state index contributed by atoms with van der Waals surface area (Å²) in [5.41, 5.74) is 0.0318. The van der Waals surface area contributed by atoms with E-state index in [9.17, 15) is 9.18 Å². The highest BCUT2D eigenvalue weighted by Crippen LogP contribution is 2.31. The molecule has 1 heterocycles. The van der Waals surface area contributed by atoms with Gasteiger partial charge in [0, 0.05) is 15.0 Å². The van der Waals surface area contributed by atoms with Crippen molar-refractivity contribution in [2.75, 3.05) is 0 Å². The van der Waals surface area contributed by atoms with Crippen LogP contribution in [0, 0.1) is 12.7 Å². The van der Waals surface area contributed by atoms with Crippen LogP contribution in [0.4, 0.5) is 4.39 Å². The smallest absolute Gasteiger partial charge is 0.336 e. The summed E-state index contributed by atoms with van der Waals surface area (Å²) in [4.78, 5) is 11.3. The van der Waals surface area contributed by atoms with Crippen molar-refractivity contribution in [1.82, 2.24) is 0 Å². The van der Waals surface area contributed by atoms with Crippen LogP contribution in [0.2, 0.25) is 0 Å². The topological polar surface area (TPSA) is 37.3 Å². The second-order valence-electron chi connectivity index (χ2n) is 2.96. The number of thiophene rings is 1. The van der Waals surface area contributed by atoms with Crippen molar-refractivity contribution in [2.45, 2.75) is 6.92 Å². The van der Waals surface area contributed by atoms with E-state index in [2.05, 4.69) is 0 Å². The van der Waals surface area contributed by atoms with E-state index in [-0.39, 0.29) is 10.9 Å². The molecule has 2 aromatic rings. The number of benzene rings is 1. The molecule has 0 unspecified atom stereocenters. The van der Waals surface area contributed by atoms with Crippen LogP contribution in [0.15, 0.2) is 18.2 Å². The molecule has 0 amide bonds. The third-order valence-corrected chi connectivity index (χ3v) is 3.09. The van der Waals surface area contributed by atoms with Crippen LogP contribution in [0.25, 0.3) is 10.1 Å². The Morgan fingerprint density at radius 1 is 1.50 bits per heavy atom. The van der Waals surface area contributed by atoms with Gasteiger partial charge in [0.25, 0.3) is 0 Å². The normalized spacial score (nSPS) is 10.7. The highest BCUT2D eigenvalue weighted by Gasteiger charge is 2.15. The zero-order valence-corrected chi connectivity index (χ0v) is 8.19. The van der Waals surface area contributed by atoms with Crippen LogP contribution in [0.5, 0.6) is 0 Å². The van der Waals surface area contributed by atoms with Gasteiger partial charge < -0.3 is 5.11 Å². The first-order valence-corrected chi connectivity index (χ1v) is 4.84. The average molecular weight is 210 g/mol. The lowest BCUT2D eigenvalue weighted by Crippen LogP contribution is -1.96. The lowest BCUT2D eigenvalue weighted by atomic mass is 10.1. The fourth-order valence-corrected chi connectivity index (χ4v) is 2.38. The SMILES string of the molecule is Cc1sc2cccc(C(=O)O)c2c1F. The van der Waals surface area contributed by atoms with Crippen LogP contribution < -0.4 is 0 Å². The first-order valence-electron chi connectivity index (χ1n) is 4.02. The van der Waals surface area contributed by atoms with Crippen LogP contribution >= 0.6 is 11.3 Å². The number of carboxylic acid groups (broad SMARTS) is 1. The number of halogens is 1. The lowest BCUT2D eigenvalue weighted by molar-refractivity contribution is 0.0699. The maximum atomic E-state index is 13.5. The third kappa shape index (κ3) is 1.19. The third-order valence-electron chi connectivity index (χ3n) is 2.05. The summed E-state index contributed by atoms with van der Waals surface area (Å²) in [5.74, 6) is -1.50. The summed E-state index contributed by atoms with van der Waals surface area (Å²) < 4.78 is 14.2. The monoisotopic (exact) mass is 210 g/mol. The van der Waals surface area contributed by atoms with Crippen molar-refractivity contribution < 1.29 is 14.3 Å². The highest BCUT2D eigenvalue weighted by molar-refractivity contribution is 7.19. The summed E-state index contributed by atoms with van der Waals surface area (Å²) in [6.07, 6.45) is 0. The largest absolute Gasteiger partial charge is 0.478 e. The first-order chi connectivity index (χ1) is 6.61. The van der Waals surface area contributed by atoms with Crippen LogP contribution in [0.3, 0.4) is 0 Å². The van der Waals surface area contributed by atoms with E-state index in [1.54, 1.807) is 19.1 Å². The molecule has 1 aromatic heterocycles. The van der Waals surface area contributed by atoms with Crippen molar-refractivity contribution in [1.29, 1.82) is 0 Å².